The van der Waals surface area contributed by atoms with Crippen LogP contribution in [0.25, 0.3) is 10.8 Å². The second-order valence-electron chi connectivity index (χ2n) is 6.78. The topological polar surface area (TPSA) is 80.6 Å². The van der Waals surface area contributed by atoms with Gasteiger partial charge in [0.15, 0.2) is 17.3 Å². The van der Waals surface area contributed by atoms with Crippen LogP contribution in [-0.4, -0.2) is 58.9 Å². The molecular weight excluding hydrogens is 377 g/mol. The number of nitrogens with zero attached hydrogens (tertiary/aromatic N) is 5. The predicted octanol–water partition coefficient (Wildman–Crippen LogP) is 1.44. The molecule has 8 nitrogen and oxygen atoms in total. The van der Waals surface area contributed by atoms with Crippen molar-refractivity contribution in [1.29, 1.82) is 0 Å². The Bertz CT molecular complexity index is 1140. The number of hydrogen-bond acceptors (Lipinski definition) is 6. The van der Waals surface area contributed by atoms with Crippen LogP contribution in [-0.2, 0) is 7.05 Å². The maximum absolute atomic E-state index is 13.4. The molecule has 0 saturated carbocycles. The molecule has 1 aliphatic rings. The average Bonchev–Trinajstić information content (AvgIpc) is 2.76. The van der Waals surface area contributed by atoms with E-state index in [1.807, 2.05) is 4.90 Å². The lowest BCUT2D eigenvalue weighted by molar-refractivity contribution is 0.0740. The highest BCUT2D eigenvalue weighted by Gasteiger charge is 2.27. The fourth-order valence-corrected chi connectivity index (χ4v) is 3.53. The summed E-state index contributed by atoms with van der Waals surface area (Å²) >= 11 is 0. The van der Waals surface area contributed by atoms with Crippen molar-refractivity contribution >= 4 is 22.5 Å². The van der Waals surface area contributed by atoms with Gasteiger partial charge in [-0.15, -0.1) is 0 Å². The number of fused-ring (bicyclic) bond motifs is 1. The van der Waals surface area contributed by atoms with E-state index in [1.54, 1.807) is 29.2 Å². The van der Waals surface area contributed by atoms with Gasteiger partial charge in [-0.2, -0.15) is 5.10 Å². The van der Waals surface area contributed by atoms with Gasteiger partial charge in [0.05, 0.1) is 18.7 Å². The molecule has 1 aromatic carbocycles. The summed E-state index contributed by atoms with van der Waals surface area (Å²) in [6.45, 7) is 1.93. The van der Waals surface area contributed by atoms with E-state index in [1.165, 1.54) is 24.9 Å². The van der Waals surface area contributed by atoms with Crippen LogP contribution in [0.1, 0.15) is 10.5 Å². The lowest BCUT2D eigenvalue weighted by Crippen LogP contribution is -2.49. The fraction of sp³-hybridized carbons (Fsp3) is 0.300. The lowest BCUT2D eigenvalue weighted by Gasteiger charge is -2.35. The number of halogens is 1. The van der Waals surface area contributed by atoms with Gasteiger partial charge in [-0.3, -0.25) is 9.59 Å². The van der Waals surface area contributed by atoms with Crippen LogP contribution in [0.3, 0.4) is 0 Å². The van der Waals surface area contributed by atoms with Gasteiger partial charge in [0, 0.05) is 44.7 Å². The summed E-state index contributed by atoms with van der Waals surface area (Å²) in [5.41, 5.74) is 0.0186. The summed E-state index contributed by atoms with van der Waals surface area (Å²) in [4.78, 5) is 33.2. The molecule has 0 spiro atoms. The number of piperazine rings is 1. The molecule has 0 aliphatic carbocycles. The van der Waals surface area contributed by atoms with E-state index in [9.17, 15) is 14.0 Å². The molecule has 0 atom stereocenters. The Kier molecular flexibility index (Phi) is 4.87. The minimum absolute atomic E-state index is 0.226. The van der Waals surface area contributed by atoms with Gasteiger partial charge in [-0.05, 0) is 6.07 Å². The van der Waals surface area contributed by atoms with Crippen molar-refractivity contribution in [1.82, 2.24) is 19.7 Å². The number of pyridine rings is 1. The van der Waals surface area contributed by atoms with E-state index in [-0.39, 0.29) is 17.2 Å². The van der Waals surface area contributed by atoms with Gasteiger partial charge in [0.1, 0.15) is 5.82 Å². The first-order chi connectivity index (χ1) is 14.0. The molecule has 1 fully saturated rings. The maximum atomic E-state index is 13.4. The zero-order valence-electron chi connectivity index (χ0n) is 16.1. The zero-order chi connectivity index (χ0) is 20.5. The number of anilines is 1. The number of methoxy groups -OCH3 is 1. The van der Waals surface area contributed by atoms with Gasteiger partial charge in [-0.25, -0.2) is 14.1 Å². The number of aromatic nitrogens is 3. The summed E-state index contributed by atoms with van der Waals surface area (Å²) in [7, 11) is 3.01. The van der Waals surface area contributed by atoms with E-state index in [4.69, 9.17) is 4.74 Å². The van der Waals surface area contributed by atoms with Crippen LogP contribution >= 0.6 is 0 Å². The maximum Gasteiger partial charge on any atom is 0.275 e. The van der Waals surface area contributed by atoms with Gasteiger partial charge in [-0.1, -0.05) is 18.2 Å². The monoisotopic (exact) mass is 397 g/mol. The second-order valence-corrected chi connectivity index (χ2v) is 6.78. The molecule has 4 rings (SSSR count). The molecule has 0 unspecified atom stereocenters. The highest BCUT2D eigenvalue weighted by atomic mass is 19.1. The summed E-state index contributed by atoms with van der Waals surface area (Å²) < 4.78 is 19.8. The third-order valence-corrected chi connectivity index (χ3v) is 5.04. The molecular formula is C20H20FN5O3. The zero-order valence-corrected chi connectivity index (χ0v) is 16.1. The number of amides is 1. The number of aryl methyl sites for hydroxylation is 1. The van der Waals surface area contributed by atoms with Crippen molar-refractivity contribution in [3.63, 3.8) is 0 Å². The Morgan fingerprint density at radius 2 is 1.83 bits per heavy atom. The van der Waals surface area contributed by atoms with Crippen LogP contribution < -0.4 is 15.2 Å². The smallest absolute Gasteiger partial charge is 0.275 e. The summed E-state index contributed by atoms with van der Waals surface area (Å²) in [6, 6.07) is 8.27. The Hall–Kier alpha value is -3.49. The number of rotatable bonds is 3. The first-order valence-electron chi connectivity index (χ1n) is 9.19. The van der Waals surface area contributed by atoms with Gasteiger partial charge >= 0.3 is 0 Å². The standard InChI is InChI=1S/C20H20FN5O3/c1-24-19(27)15-6-4-3-5-14(15)17(23-24)20(28)26-9-7-25(8-10-26)18-16(29-2)11-13(21)12-22-18/h3-6,11-12H,7-10H2,1-2H3. The van der Waals surface area contributed by atoms with Crippen LogP contribution in [0, 0.1) is 5.82 Å². The Labute approximate surface area is 166 Å². The lowest BCUT2D eigenvalue weighted by atomic mass is 10.1. The molecule has 2 aromatic heterocycles. The SMILES string of the molecule is COc1cc(F)cnc1N1CCN(C(=O)c2nn(C)c(=O)c3ccccc23)CC1. The Morgan fingerprint density at radius 3 is 2.52 bits per heavy atom. The normalized spacial score (nSPS) is 14.3. The van der Waals surface area contributed by atoms with E-state index in [0.29, 0.717) is 48.5 Å². The molecule has 3 aromatic rings. The highest BCUT2D eigenvalue weighted by Crippen LogP contribution is 2.27. The van der Waals surface area contributed by atoms with Gasteiger partial charge in [0.2, 0.25) is 0 Å². The van der Waals surface area contributed by atoms with E-state index >= 15 is 0 Å². The molecule has 29 heavy (non-hydrogen) atoms. The molecule has 150 valence electrons. The Morgan fingerprint density at radius 1 is 1.14 bits per heavy atom. The number of ether oxygens (including phenoxy) is 1. The van der Waals surface area contributed by atoms with Crippen LogP contribution in [0.15, 0.2) is 41.3 Å². The molecule has 9 heteroatoms. The van der Waals surface area contributed by atoms with E-state index in [2.05, 4.69) is 10.1 Å². The average molecular weight is 397 g/mol. The van der Waals surface area contributed by atoms with Crippen LogP contribution in [0.4, 0.5) is 10.2 Å². The van der Waals surface area contributed by atoms with Crippen LogP contribution in [0.2, 0.25) is 0 Å². The van der Waals surface area contributed by atoms with E-state index < -0.39 is 5.82 Å². The first kappa shape index (κ1) is 18.9. The molecule has 1 aliphatic heterocycles. The van der Waals surface area contributed by atoms with Crippen molar-refractivity contribution in [3.05, 3.63) is 58.4 Å². The van der Waals surface area contributed by atoms with Gasteiger partial charge in [0.25, 0.3) is 11.5 Å². The fourth-order valence-electron chi connectivity index (χ4n) is 3.53. The van der Waals surface area contributed by atoms with Crippen molar-refractivity contribution in [2.24, 2.45) is 7.05 Å². The number of benzene rings is 1. The third kappa shape index (κ3) is 3.39. The first-order valence-corrected chi connectivity index (χ1v) is 9.19. The largest absolute Gasteiger partial charge is 0.493 e. The number of carbonyl (C=O) groups is 1. The second kappa shape index (κ2) is 7.50. The minimum atomic E-state index is -0.466. The van der Waals surface area contributed by atoms with E-state index in [0.717, 1.165) is 6.20 Å². The summed E-state index contributed by atoms with van der Waals surface area (Å²) in [6.07, 6.45) is 1.15. The van der Waals surface area contributed by atoms with Crippen LogP contribution in [0.5, 0.6) is 5.75 Å². The van der Waals surface area contributed by atoms with Gasteiger partial charge < -0.3 is 14.5 Å². The quantitative estimate of drug-likeness (QED) is 0.665. The molecule has 0 N–H and O–H groups in total. The highest BCUT2D eigenvalue weighted by molar-refractivity contribution is 6.04. The number of hydrogen-bond donors (Lipinski definition) is 0. The third-order valence-electron chi connectivity index (χ3n) is 5.04. The summed E-state index contributed by atoms with van der Waals surface area (Å²) in [5.74, 6) is 0.213. The van der Waals surface area contributed by atoms with Crippen molar-refractivity contribution in [2.75, 3.05) is 38.2 Å². The van der Waals surface area contributed by atoms with Crippen molar-refractivity contribution in [2.45, 2.75) is 0 Å². The molecule has 3 heterocycles. The predicted molar refractivity (Wildman–Crippen MR) is 106 cm³/mol. The molecule has 0 bridgehead atoms. The number of carbonyl (C=O) groups excluding carboxylic acids is 1. The Balaban J connectivity index is 1.57. The summed E-state index contributed by atoms with van der Waals surface area (Å²) in [5, 5.41) is 5.23. The van der Waals surface area contributed by atoms with Crippen molar-refractivity contribution in [3.8, 4) is 5.75 Å². The molecule has 1 saturated heterocycles. The minimum Gasteiger partial charge on any atom is -0.493 e. The molecule has 1 amide bonds. The van der Waals surface area contributed by atoms with Crippen molar-refractivity contribution < 1.29 is 13.9 Å². The molecule has 0 radical (unpaired) electrons.